The summed E-state index contributed by atoms with van der Waals surface area (Å²) in [4.78, 5) is 19.4. The van der Waals surface area contributed by atoms with Crippen molar-refractivity contribution in [3.05, 3.63) is 102 Å². The van der Waals surface area contributed by atoms with Crippen LogP contribution in [0.3, 0.4) is 0 Å². The first-order valence-electron chi connectivity index (χ1n) is 13.2. The van der Waals surface area contributed by atoms with Gasteiger partial charge in [0.05, 0.1) is 4.08 Å². The molecule has 5 rings (SSSR count). The summed E-state index contributed by atoms with van der Waals surface area (Å²) in [5, 5.41) is 0. The van der Waals surface area contributed by atoms with Crippen molar-refractivity contribution in [2.75, 3.05) is 38.5 Å². The largest absolute Gasteiger partial charge is 0.340 e. The van der Waals surface area contributed by atoms with E-state index in [2.05, 4.69) is 113 Å². The summed E-state index contributed by atoms with van der Waals surface area (Å²) in [5.41, 5.74) is 3.93. The molecule has 1 saturated heterocycles. The minimum atomic E-state index is 0.104. The molecular weight excluding hydrogens is 480 g/mol. The molecule has 0 bridgehead atoms. The van der Waals surface area contributed by atoms with Crippen LogP contribution >= 0.6 is 23.5 Å². The Bertz CT molecular complexity index is 1070. The van der Waals surface area contributed by atoms with E-state index in [-0.39, 0.29) is 15.9 Å². The molecule has 188 valence electrons. The molecule has 2 aliphatic rings. The molecule has 5 heteroatoms. The van der Waals surface area contributed by atoms with Crippen LogP contribution in [0, 0.1) is 0 Å². The Morgan fingerprint density at radius 2 is 1.50 bits per heavy atom. The van der Waals surface area contributed by atoms with Crippen LogP contribution in [0.4, 0.5) is 0 Å². The van der Waals surface area contributed by atoms with E-state index in [1.54, 1.807) is 0 Å². The second-order valence-electron chi connectivity index (χ2n) is 9.80. The summed E-state index contributed by atoms with van der Waals surface area (Å²) >= 11 is 4.20. The lowest BCUT2D eigenvalue weighted by Gasteiger charge is -2.36. The van der Waals surface area contributed by atoms with Crippen LogP contribution in [0.2, 0.25) is 0 Å². The maximum Gasteiger partial charge on any atom is 0.223 e. The molecule has 3 aromatic rings. The summed E-state index contributed by atoms with van der Waals surface area (Å²) < 4.78 is 0.283. The van der Waals surface area contributed by atoms with Gasteiger partial charge in [-0.1, -0.05) is 85.8 Å². The van der Waals surface area contributed by atoms with Crippen molar-refractivity contribution in [2.45, 2.75) is 41.1 Å². The van der Waals surface area contributed by atoms with Gasteiger partial charge in [-0.2, -0.15) is 0 Å². The lowest BCUT2D eigenvalue weighted by molar-refractivity contribution is -0.133. The zero-order valence-electron chi connectivity index (χ0n) is 21.1. The first-order valence-corrected chi connectivity index (χ1v) is 15.0. The van der Waals surface area contributed by atoms with Crippen LogP contribution in [0.5, 0.6) is 0 Å². The van der Waals surface area contributed by atoms with E-state index in [0.717, 1.165) is 38.5 Å². The topological polar surface area (TPSA) is 23.6 Å². The third-order valence-electron chi connectivity index (χ3n) is 7.55. The Morgan fingerprint density at radius 1 is 0.889 bits per heavy atom. The quantitative estimate of drug-likeness (QED) is 0.322. The Kier molecular flexibility index (Phi) is 8.40. The minimum absolute atomic E-state index is 0.104. The molecule has 3 aromatic carbocycles. The fourth-order valence-corrected chi connectivity index (χ4v) is 8.47. The molecule has 1 unspecified atom stereocenters. The summed E-state index contributed by atoms with van der Waals surface area (Å²) in [5.74, 6) is 1.52. The fraction of sp³-hybridized carbons (Fsp3) is 0.387. The highest BCUT2D eigenvalue weighted by atomic mass is 32.2. The van der Waals surface area contributed by atoms with E-state index >= 15 is 0 Å². The van der Waals surface area contributed by atoms with Crippen molar-refractivity contribution >= 4 is 29.4 Å². The highest BCUT2D eigenvalue weighted by molar-refractivity contribution is 8.18. The number of benzene rings is 3. The number of fused-ring (bicyclic) bond motifs is 1. The molecule has 1 fully saturated rings. The van der Waals surface area contributed by atoms with Crippen LogP contribution in [-0.2, 0) is 11.2 Å². The van der Waals surface area contributed by atoms with Crippen molar-refractivity contribution in [1.29, 1.82) is 0 Å². The molecule has 0 spiro atoms. The Morgan fingerprint density at radius 3 is 2.11 bits per heavy atom. The highest BCUT2D eigenvalue weighted by Crippen LogP contribution is 2.53. The SMILES string of the molecule is CCC1(SCCN2CCN(C(=O)CC(c3ccccc3)c3ccccc3)CC2)Cc2ccccc2S1. The van der Waals surface area contributed by atoms with Gasteiger partial charge in [-0.25, -0.2) is 0 Å². The number of hydrogen-bond acceptors (Lipinski definition) is 4. The van der Waals surface area contributed by atoms with Crippen molar-refractivity contribution in [2.24, 2.45) is 0 Å². The van der Waals surface area contributed by atoms with Gasteiger partial charge in [0.25, 0.3) is 0 Å². The van der Waals surface area contributed by atoms with Crippen LogP contribution in [0.15, 0.2) is 89.8 Å². The van der Waals surface area contributed by atoms with Crippen LogP contribution < -0.4 is 0 Å². The molecule has 3 nitrogen and oxygen atoms in total. The molecule has 1 atom stereocenters. The monoisotopic (exact) mass is 516 g/mol. The molecule has 0 aromatic heterocycles. The number of amides is 1. The van der Waals surface area contributed by atoms with Gasteiger partial charge in [-0.05, 0) is 35.6 Å². The number of piperazine rings is 1. The second kappa shape index (κ2) is 11.9. The van der Waals surface area contributed by atoms with Crippen molar-refractivity contribution in [3.63, 3.8) is 0 Å². The molecular formula is C31H36N2OS2. The maximum absolute atomic E-state index is 13.3. The Hall–Kier alpha value is -2.21. The first-order chi connectivity index (χ1) is 17.7. The number of thioether (sulfide) groups is 2. The maximum atomic E-state index is 13.3. The van der Waals surface area contributed by atoms with E-state index in [9.17, 15) is 4.79 Å². The molecule has 0 N–H and O–H groups in total. The van der Waals surface area contributed by atoms with Gasteiger partial charge < -0.3 is 4.90 Å². The third-order valence-corrected chi connectivity index (χ3v) is 10.9. The van der Waals surface area contributed by atoms with Gasteiger partial charge in [-0.15, -0.1) is 23.5 Å². The predicted molar refractivity (Wildman–Crippen MR) is 154 cm³/mol. The lowest BCUT2D eigenvalue weighted by atomic mass is 9.88. The Labute approximate surface area is 224 Å². The number of rotatable bonds is 9. The van der Waals surface area contributed by atoms with E-state index < -0.39 is 0 Å². The summed E-state index contributed by atoms with van der Waals surface area (Å²) in [7, 11) is 0. The summed E-state index contributed by atoms with van der Waals surface area (Å²) in [6, 6.07) is 29.8. The van der Waals surface area contributed by atoms with E-state index in [4.69, 9.17) is 0 Å². The van der Waals surface area contributed by atoms with E-state index in [0.29, 0.717) is 6.42 Å². The fourth-order valence-electron chi connectivity index (χ4n) is 5.34. The highest BCUT2D eigenvalue weighted by Gasteiger charge is 2.37. The number of hydrogen-bond donors (Lipinski definition) is 0. The molecule has 36 heavy (non-hydrogen) atoms. The van der Waals surface area contributed by atoms with E-state index in [1.165, 1.54) is 34.4 Å². The number of carbonyl (C=O) groups is 1. The summed E-state index contributed by atoms with van der Waals surface area (Å²) in [6.45, 7) is 7.04. The number of nitrogens with zero attached hydrogens (tertiary/aromatic N) is 2. The standard InChI is InChI=1S/C31H36N2OS2/c1-2-31(24-27-15-9-10-16-29(27)36-31)35-22-21-32-17-19-33(20-18-32)30(34)23-28(25-11-5-3-6-12-25)26-13-7-4-8-14-26/h3-16,28H,2,17-24H2,1H3. The normalized spacial score (nSPS) is 20.0. The van der Waals surface area contributed by atoms with E-state index in [1.807, 2.05) is 12.1 Å². The van der Waals surface area contributed by atoms with Gasteiger partial charge in [-0.3, -0.25) is 9.69 Å². The molecule has 0 aliphatic carbocycles. The van der Waals surface area contributed by atoms with Crippen LogP contribution in [-0.4, -0.2) is 58.3 Å². The molecule has 1 amide bonds. The molecule has 0 radical (unpaired) electrons. The van der Waals surface area contributed by atoms with Gasteiger partial charge in [0.15, 0.2) is 0 Å². The van der Waals surface area contributed by atoms with Gasteiger partial charge in [0.2, 0.25) is 5.91 Å². The molecule has 2 heterocycles. The van der Waals surface area contributed by atoms with Crippen LogP contribution in [0.25, 0.3) is 0 Å². The van der Waals surface area contributed by atoms with Crippen molar-refractivity contribution in [3.8, 4) is 0 Å². The number of carbonyl (C=O) groups excluding carboxylic acids is 1. The van der Waals surface area contributed by atoms with Crippen molar-refractivity contribution in [1.82, 2.24) is 9.80 Å². The van der Waals surface area contributed by atoms with Gasteiger partial charge in [0, 0.05) is 55.7 Å². The molecule has 2 aliphatic heterocycles. The minimum Gasteiger partial charge on any atom is -0.340 e. The Balaban J connectivity index is 1.11. The smallest absolute Gasteiger partial charge is 0.223 e. The molecule has 0 saturated carbocycles. The average molecular weight is 517 g/mol. The zero-order chi connectivity index (χ0) is 24.8. The lowest BCUT2D eigenvalue weighted by Crippen LogP contribution is -2.49. The first kappa shape index (κ1) is 25.4. The predicted octanol–water partition coefficient (Wildman–Crippen LogP) is 6.54. The van der Waals surface area contributed by atoms with Gasteiger partial charge >= 0.3 is 0 Å². The third kappa shape index (κ3) is 6.01. The van der Waals surface area contributed by atoms with Gasteiger partial charge in [0.1, 0.15) is 0 Å². The average Bonchev–Trinajstić information content (AvgIpc) is 3.32. The zero-order valence-corrected chi connectivity index (χ0v) is 22.8. The van der Waals surface area contributed by atoms with Crippen molar-refractivity contribution < 1.29 is 4.79 Å². The van der Waals surface area contributed by atoms with Crippen LogP contribution in [0.1, 0.15) is 42.4 Å². The summed E-state index contributed by atoms with van der Waals surface area (Å²) in [6.07, 6.45) is 2.88. The second-order valence-corrected chi connectivity index (χ2v) is 13.0.